The predicted molar refractivity (Wildman–Crippen MR) is 243 cm³/mol. The van der Waals surface area contributed by atoms with Crippen molar-refractivity contribution in [3.8, 4) is 0 Å². The Hall–Kier alpha value is -7.47. The van der Waals surface area contributed by atoms with Crippen LogP contribution in [-0.4, -0.2) is 111 Å². The van der Waals surface area contributed by atoms with Gasteiger partial charge in [0.15, 0.2) is 5.71 Å². The average molecular weight is 1080 g/mol. The van der Waals surface area contributed by atoms with Crippen molar-refractivity contribution in [3.05, 3.63) is 95.0 Å². The Bertz CT molecular complexity index is 3700. The normalized spacial score (nSPS) is 14.4. The molecule has 29 nitrogen and oxygen atoms in total. The zero-order chi connectivity index (χ0) is 51.1. The van der Waals surface area contributed by atoms with Crippen LogP contribution in [-0.2, 0) is 50.1 Å². The van der Waals surface area contributed by atoms with Gasteiger partial charge in [0.05, 0.1) is 20.4 Å². The Morgan fingerprint density at radius 1 is 0.614 bits per heavy atom. The Kier molecular flexibility index (Phi) is 13.8. The van der Waals surface area contributed by atoms with Gasteiger partial charge in [-0.1, -0.05) is 12.1 Å². The van der Waals surface area contributed by atoms with Crippen molar-refractivity contribution in [2.75, 3.05) is 26.3 Å². The molecule has 2 aromatic heterocycles. The predicted octanol–water partition coefficient (Wildman–Crippen LogP) is 4.57. The van der Waals surface area contributed by atoms with E-state index in [1.165, 1.54) is 31.2 Å². The molecule has 4 aromatic carbocycles. The molecule has 35 heteroatoms. The number of hydrazone groups is 1. The van der Waals surface area contributed by atoms with E-state index in [0.29, 0.717) is 5.01 Å². The topological polar surface area (TPSA) is 438 Å². The zero-order valence-electron chi connectivity index (χ0n) is 34.3. The maximum atomic E-state index is 13.9. The average Bonchev–Trinajstić information content (AvgIpc) is 3.57. The van der Waals surface area contributed by atoms with E-state index in [9.17, 15) is 66.6 Å². The van der Waals surface area contributed by atoms with Crippen molar-refractivity contribution in [3.63, 3.8) is 0 Å². The van der Waals surface area contributed by atoms with E-state index in [1.807, 2.05) is 0 Å². The van der Waals surface area contributed by atoms with E-state index in [0.717, 1.165) is 54.6 Å². The summed E-state index contributed by atoms with van der Waals surface area (Å²) < 4.78 is 136. The largest absolute Gasteiger partial charge is 0.477 e. The smallest absolute Gasteiger partial charge is 0.355 e. The third-order valence-corrected chi connectivity index (χ3v) is 12.8. The number of aliphatic carboxylic acids is 1. The van der Waals surface area contributed by atoms with Gasteiger partial charge in [-0.2, -0.15) is 83.9 Å². The van der Waals surface area contributed by atoms with Crippen LogP contribution in [0, 0.1) is 6.92 Å². The number of carbonyl (C=O) groups excluding carboxylic acids is 1. The summed E-state index contributed by atoms with van der Waals surface area (Å²) in [5.41, 5.74) is -2.42. The molecule has 1 atom stereocenters. The number of carboxylic acids is 1. The van der Waals surface area contributed by atoms with Crippen LogP contribution in [0.25, 0.3) is 0 Å². The van der Waals surface area contributed by atoms with Gasteiger partial charge in [-0.25, -0.2) is 4.79 Å². The molecule has 1 amide bonds. The van der Waals surface area contributed by atoms with Gasteiger partial charge in [0.2, 0.25) is 40.4 Å². The standard InChI is InChI=1S/C35H26Cl2N14O15S4/c1-15-23(41-35-45-31(37)44-33(47-35)39-17-5-3-7-20(11-17)68(58,59)60)13-21(69(61,62)63)14-24(15)51-28(52)26(27(50-51)29(53)54)49-48-22-9-8-18(12-25(22)70(64,65)66)40-34-43-30(36)42-32(46-34)38-16-4-2-6-19(10-16)67(55,56)57/h2-14,26H,1H3,(H,53,54)(H,55,56,57)(H,58,59,60)(H,61,62,63)(H,64,65,66)(H2,38,40,42,43,46)(H2,39,41,44,45,47). The van der Waals surface area contributed by atoms with Crippen LogP contribution >= 0.6 is 23.2 Å². The highest BCUT2D eigenvalue weighted by Gasteiger charge is 2.42. The highest BCUT2D eigenvalue weighted by atomic mass is 35.5. The van der Waals surface area contributed by atoms with Crippen molar-refractivity contribution in [1.29, 1.82) is 0 Å². The summed E-state index contributed by atoms with van der Waals surface area (Å²) in [4.78, 5) is 47.3. The van der Waals surface area contributed by atoms with Gasteiger partial charge in [-0.3, -0.25) is 23.0 Å². The van der Waals surface area contributed by atoms with Gasteiger partial charge in [-0.05, 0) is 102 Å². The molecule has 0 spiro atoms. The van der Waals surface area contributed by atoms with Crippen LogP contribution in [0.15, 0.2) is 114 Å². The molecule has 364 valence electrons. The van der Waals surface area contributed by atoms with Gasteiger partial charge in [0, 0.05) is 22.7 Å². The van der Waals surface area contributed by atoms with Crippen LogP contribution < -0.4 is 26.3 Å². The summed E-state index contributed by atoms with van der Waals surface area (Å²) in [6, 6.07) is 12.1. The second kappa shape index (κ2) is 19.1. The number of hydrogen-bond donors (Lipinski definition) is 9. The van der Waals surface area contributed by atoms with E-state index in [4.69, 9.17) is 23.2 Å². The summed E-state index contributed by atoms with van der Waals surface area (Å²) in [7, 11) is -19.5. The molecule has 0 radical (unpaired) electrons. The lowest BCUT2D eigenvalue weighted by Gasteiger charge is -2.19. The van der Waals surface area contributed by atoms with Crippen molar-refractivity contribution in [1.82, 2.24) is 29.9 Å². The summed E-state index contributed by atoms with van der Waals surface area (Å²) in [6.07, 6.45) is 0. The minimum absolute atomic E-state index is 0.0592. The molecule has 6 aromatic rings. The first kappa shape index (κ1) is 50.4. The monoisotopic (exact) mass is 1080 g/mol. The number of hydrogen-bond acceptors (Lipinski definition) is 23. The molecule has 7 rings (SSSR count). The number of azo groups is 1. The number of anilines is 9. The summed E-state index contributed by atoms with van der Waals surface area (Å²) in [5, 5.41) is 31.4. The number of carbonyl (C=O) groups is 2. The fraction of sp³-hybridized carbons (Fsp3) is 0.0571. The Morgan fingerprint density at radius 2 is 1.09 bits per heavy atom. The Labute approximate surface area is 402 Å². The van der Waals surface area contributed by atoms with Crippen molar-refractivity contribution in [2.24, 2.45) is 15.3 Å². The highest BCUT2D eigenvalue weighted by Crippen LogP contribution is 2.36. The molecule has 9 N–H and O–H groups in total. The number of rotatable bonds is 16. The number of benzene rings is 4. The summed E-state index contributed by atoms with van der Waals surface area (Å²) >= 11 is 12.1. The van der Waals surface area contributed by atoms with E-state index < -0.39 is 112 Å². The lowest BCUT2D eigenvalue weighted by atomic mass is 10.1. The number of nitrogens with one attached hydrogen (secondary N) is 4. The van der Waals surface area contributed by atoms with E-state index in [-0.39, 0.29) is 46.2 Å². The van der Waals surface area contributed by atoms with E-state index in [1.54, 1.807) is 0 Å². The first-order chi connectivity index (χ1) is 32.6. The van der Waals surface area contributed by atoms with Gasteiger partial charge in [-0.15, -0.1) is 0 Å². The van der Waals surface area contributed by atoms with Crippen LogP contribution in [0.1, 0.15) is 5.56 Å². The highest BCUT2D eigenvalue weighted by molar-refractivity contribution is 7.86. The molecular formula is C35H26Cl2N14O15S4. The van der Waals surface area contributed by atoms with Gasteiger partial charge >= 0.3 is 5.97 Å². The minimum Gasteiger partial charge on any atom is -0.477 e. The molecule has 1 aliphatic rings. The molecule has 0 saturated heterocycles. The number of nitrogens with zero attached hydrogens (tertiary/aromatic N) is 10. The van der Waals surface area contributed by atoms with Gasteiger partial charge < -0.3 is 26.4 Å². The van der Waals surface area contributed by atoms with E-state index in [2.05, 4.69) is 66.5 Å². The summed E-state index contributed by atoms with van der Waals surface area (Å²) in [6.45, 7) is 1.30. The zero-order valence-corrected chi connectivity index (χ0v) is 39.0. The fourth-order valence-corrected chi connectivity index (χ4v) is 8.50. The van der Waals surface area contributed by atoms with Crippen LogP contribution in [0.5, 0.6) is 0 Å². The van der Waals surface area contributed by atoms with Crippen molar-refractivity contribution >= 4 is 139 Å². The summed E-state index contributed by atoms with van der Waals surface area (Å²) in [5.74, 6) is -4.42. The van der Waals surface area contributed by atoms with Crippen molar-refractivity contribution < 1.29 is 66.6 Å². The Morgan fingerprint density at radius 3 is 1.54 bits per heavy atom. The second-order valence-corrected chi connectivity index (χ2v) is 20.1. The molecule has 0 fully saturated rings. The fourth-order valence-electron chi connectivity index (χ4n) is 5.95. The lowest BCUT2D eigenvalue weighted by molar-refractivity contribution is -0.130. The molecule has 0 aliphatic carbocycles. The van der Waals surface area contributed by atoms with Crippen LogP contribution in [0.4, 0.5) is 57.9 Å². The van der Waals surface area contributed by atoms with Crippen LogP contribution in [0.2, 0.25) is 10.6 Å². The molecule has 70 heavy (non-hydrogen) atoms. The first-order valence-electron chi connectivity index (χ1n) is 18.5. The molecule has 1 unspecified atom stereocenters. The van der Waals surface area contributed by atoms with E-state index >= 15 is 0 Å². The van der Waals surface area contributed by atoms with Crippen molar-refractivity contribution in [2.45, 2.75) is 32.5 Å². The number of halogens is 2. The molecule has 0 bridgehead atoms. The third kappa shape index (κ3) is 11.9. The Balaban J connectivity index is 1.17. The maximum absolute atomic E-state index is 13.9. The lowest BCUT2D eigenvalue weighted by Crippen LogP contribution is -2.33. The minimum atomic E-state index is -5.19. The molecule has 0 saturated carbocycles. The first-order valence-corrected chi connectivity index (χ1v) is 25.0. The van der Waals surface area contributed by atoms with Crippen LogP contribution in [0.3, 0.4) is 0 Å². The van der Waals surface area contributed by atoms with Gasteiger partial charge in [0.1, 0.15) is 10.6 Å². The molecule has 3 heterocycles. The second-order valence-electron chi connectivity index (χ2n) is 13.8. The number of aromatic nitrogens is 6. The number of amides is 1. The molecule has 1 aliphatic heterocycles. The maximum Gasteiger partial charge on any atom is 0.355 e. The quantitative estimate of drug-likeness (QED) is 0.0473. The van der Waals surface area contributed by atoms with Gasteiger partial charge in [0.25, 0.3) is 46.4 Å². The molecular weight excluding hydrogens is 1060 g/mol. The third-order valence-electron chi connectivity index (χ3n) is 9.02. The SMILES string of the molecule is Cc1c(Nc2nc(Cl)nc(Nc3cccc(S(=O)(=O)O)c3)n2)cc(S(=O)(=O)O)cc1N1N=C(C(=O)O)C(N=Nc2ccc(Nc3nc(Cl)nc(Nc4cccc(S(=O)(=O)O)c4)n3)cc2S(=O)(=O)O)C1=O. The number of carboxylic acid groups (broad SMARTS) is 1.